The third-order valence-electron chi connectivity index (χ3n) is 4.48. The van der Waals surface area contributed by atoms with Crippen LogP contribution in [0.2, 0.25) is 0 Å². The number of halogens is 3. The number of hydrazine groups is 1. The predicted molar refractivity (Wildman–Crippen MR) is 113 cm³/mol. The summed E-state index contributed by atoms with van der Waals surface area (Å²) in [6.45, 7) is 0.432. The Morgan fingerprint density at radius 3 is 2.39 bits per heavy atom. The second-order valence-corrected chi connectivity index (χ2v) is 7.28. The van der Waals surface area contributed by atoms with Gasteiger partial charge in [0.15, 0.2) is 11.6 Å². The summed E-state index contributed by atoms with van der Waals surface area (Å²) in [5.74, 6) is -0.566. The molecule has 0 radical (unpaired) electrons. The molecule has 3 aromatic rings. The van der Waals surface area contributed by atoms with Crippen molar-refractivity contribution in [2.75, 3.05) is 17.3 Å². The standard InChI is InChI=1S/C21H17BrF2N4/c22-17-12-15(8-9-16(17)13-4-6-14(25)7-5-13)26-20-10-11-28(27-20)21-18(23)2-1-3-19(21)24/h1-9,12H,10-11,25H2,(H,26,27). The molecule has 3 N–H and O–H groups in total. The van der Waals surface area contributed by atoms with Gasteiger partial charge in [0.1, 0.15) is 11.5 Å². The molecule has 1 heterocycles. The Kier molecular flexibility index (Phi) is 5.00. The Morgan fingerprint density at radius 2 is 1.71 bits per heavy atom. The van der Waals surface area contributed by atoms with Crippen LogP contribution in [0.4, 0.5) is 25.8 Å². The Balaban J connectivity index is 1.55. The maximum atomic E-state index is 14.0. The van der Waals surface area contributed by atoms with Crippen LogP contribution in [0, 0.1) is 11.6 Å². The second kappa shape index (κ2) is 7.59. The fourth-order valence-electron chi connectivity index (χ4n) is 3.11. The van der Waals surface area contributed by atoms with Crippen molar-refractivity contribution in [1.29, 1.82) is 0 Å². The molecule has 4 rings (SSSR count). The normalized spacial score (nSPS) is 15.1. The van der Waals surface area contributed by atoms with E-state index in [4.69, 9.17) is 5.73 Å². The highest BCUT2D eigenvalue weighted by Crippen LogP contribution is 2.32. The average Bonchev–Trinajstić information content (AvgIpc) is 3.11. The topological polar surface area (TPSA) is 53.6 Å². The number of benzene rings is 3. The molecule has 0 aromatic heterocycles. The summed E-state index contributed by atoms with van der Waals surface area (Å²) >= 11 is 3.59. The number of nitrogen functional groups attached to an aromatic ring is 1. The van der Waals surface area contributed by atoms with Gasteiger partial charge in [-0.05, 0) is 47.5 Å². The van der Waals surface area contributed by atoms with Gasteiger partial charge in [-0.2, -0.15) is 0 Å². The SMILES string of the molecule is Nc1ccc(-c2ccc(N=C3CCN(c4c(F)cccc4F)N3)cc2Br)cc1. The second-order valence-electron chi connectivity index (χ2n) is 6.43. The largest absolute Gasteiger partial charge is 0.399 e. The molecule has 1 saturated heterocycles. The Labute approximate surface area is 169 Å². The van der Waals surface area contributed by atoms with E-state index in [0.717, 1.165) is 21.3 Å². The molecule has 1 fully saturated rings. The maximum absolute atomic E-state index is 14.0. The zero-order valence-electron chi connectivity index (χ0n) is 14.8. The van der Waals surface area contributed by atoms with Gasteiger partial charge in [-0.3, -0.25) is 10.4 Å². The smallest absolute Gasteiger partial charge is 0.151 e. The lowest BCUT2D eigenvalue weighted by Gasteiger charge is -2.19. The Bertz CT molecular complexity index is 1030. The molecule has 0 unspecified atom stereocenters. The molecule has 0 atom stereocenters. The van der Waals surface area contributed by atoms with Crippen LogP contribution in [0.5, 0.6) is 0 Å². The first-order valence-electron chi connectivity index (χ1n) is 8.72. The van der Waals surface area contributed by atoms with Gasteiger partial charge in [0.2, 0.25) is 0 Å². The van der Waals surface area contributed by atoms with Gasteiger partial charge in [0.05, 0.1) is 5.69 Å². The molecule has 0 aliphatic carbocycles. The van der Waals surface area contributed by atoms with Crippen molar-refractivity contribution >= 4 is 38.8 Å². The minimum absolute atomic E-state index is 0.0902. The zero-order chi connectivity index (χ0) is 19.7. The number of nitrogens with one attached hydrogen (secondary N) is 1. The highest BCUT2D eigenvalue weighted by Gasteiger charge is 2.23. The lowest BCUT2D eigenvalue weighted by atomic mass is 10.1. The molecule has 0 amide bonds. The van der Waals surface area contributed by atoms with E-state index in [9.17, 15) is 8.78 Å². The van der Waals surface area contributed by atoms with Gasteiger partial charge < -0.3 is 5.73 Å². The number of nitrogens with two attached hydrogens (primary N) is 1. The predicted octanol–water partition coefficient (Wildman–Crippen LogP) is 5.42. The van der Waals surface area contributed by atoms with E-state index in [1.807, 2.05) is 42.5 Å². The molecule has 1 aliphatic heterocycles. The van der Waals surface area contributed by atoms with Gasteiger partial charge in [-0.1, -0.05) is 40.2 Å². The molecule has 28 heavy (non-hydrogen) atoms. The summed E-state index contributed by atoms with van der Waals surface area (Å²) in [7, 11) is 0. The summed E-state index contributed by atoms with van der Waals surface area (Å²) in [5, 5.41) is 1.45. The van der Waals surface area contributed by atoms with Crippen molar-refractivity contribution in [3.63, 3.8) is 0 Å². The van der Waals surface area contributed by atoms with E-state index in [1.54, 1.807) is 0 Å². The molecule has 142 valence electrons. The van der Waals surface area contributed by atoms with Crippen LogP contribution in [-0.2, 0) is 0 Å². The van der Waals surface area contributed by atoms with E-state index < -0.39 is 11.6 Å². The van der Waals surface area contributed by atoms with E-state index in [1.165, 1.54) is 23.2 Å². The highest BCUT2D eigenvalue weighted by atomic mass is 79.9. The number of anilines is 2. The molecule has 3 aromatic carbocycles. The fourth-order valence-corrected chi connectivity index (χ4v) is 3.70. The molecule has 0 bridgehead atoms. The highest BCUT2D eigenvalue weighted by molar-refractivity contribution is 9.10. The molecule has 0 spiro atoms. The first-order chi connectivity index (χ1) is 13.5. The Morgan fingerprint density at radius 1 is 1.00 bits per heavy atom. The molecular formula is C21H17BrF2N4. The third-order valence-corrected chi connectivity index (χ3v) is 5.14. The van der Waals surface area contributed by atoms with E-state index in [0.29, 0.717) is 24.5 Å². The van der Waals surface area contributed by atoms with Gasteiger partial charge in [-0.15, -0.1) is 0 Å². The van der Waals surface area contributed by atoms with Crippen molar-refractivity contribution in [1.82, 2.24) is 5.43 Å². The van der Waals surface area contributed by atoms with Crippen LogP contribution in [0.25, 0.3) is 11.1 Å². The van der Waals surface area contributed by atoms with Crippen LogP contribution >= 0.6 is 15.9 Å². The lowest BCUT2D eigenvalue weighted by molar-refractivity contribution is 0.572. The molecule has 7 heteroatoms. The number of hydrogen-bond acceptors (Lipinski definition) is 3. The number of amidine groups is 1. The quantitative estimate of drug-likeness (QED) is 0.532. The summed E-state index contributed by atoms with van der Waals surface area (Å²) < 4.78 is 28.8. The van der Waals surface area contributed by atoms with E-state index in [-0.39, 0.29) is 5.69 Å². The average molecular weight is 443 g/mol. The molecule has 1 aliphatic rings. The lowest BCUT2D eigenvalue weighted by Crippen LogP contribution is -2.34. The number of aliphatic imine (C=N–C) groups is 1. The fraction of sp³-hybridized carbons (Fsp3) is 0.0952. The van der Waals surface area contributed by atoms with Crippen LogP contribution < -0.4 is 16.2 Å². The van der Waals surface area contributed by atoms with Crippen LogP contribution in [0.1, 0.15) is 6.42 Å². The minimum atomic E-state index is -0.607. The van der Waals surface area contributed by atoms with E-state index in [2.05, 4.69) is 26.3 Å². The minimum Gasteiger partial charge on any atom is -0.399 e. The summed E-state index contributed by atoms with van der Waals surface area (Å²) in [5.41, 5.74) is 12.2. The zero-order valence-corrected chi connectivity index (χ0v) is 16.4. The number of hydrogen-bond donors (Lipinski definition) is 2. The van der Waals surface area contributed by atoms with E-state index >= 15 is 0 Å². The van der Waals surface area contributed by atoms with Crippen molar-refractivity contribution < 1.29 is 8.78 Å². The maximum Gasteiger partial charge on any atom is 0.151 e. The summed E-state index contributed by atoms with van der Waals surface area (Å²) in [4.78, 5) is 4.57. The number of nitrogens with zero attached hydrogens (tertiary/aromatic N) is 2. The summed E-state index contributed by atoms with van der Waals surface area (Å²) in [6.07, 6.45) is 0.561. The van der Waals surface area contributed by atoms with Gasteiger partial charge in [0, 0.05) is 23.1 Å². The first kappa shape index (κ1) is 18.4. The van der Waals surface area contributed by atoms with Gasteiger partial charge >= 0.3 is 0 Å². The van der Waals surface area contributed by atoms with Crippen molar-refractivity contribution in [3.8, 4) is 11.1 Å². The van der Waals surface area contributed by atoms with Gasteiger partial charge in [-0.25, -0.2) is 13.8 Å². The molecular weight excluding hydrogens is 426 g/mol. The van der Waals surface area contributed by atoms with Crippen molar-refractivity contribution in [2.45, 2.75) is 6.42 Å². The number of rotatable bonds is 3. The van der Waals surface area contributed by atoms with Crippen LogP contribution in [-0.4, -0.2) is 12.4 Å². The van der Waals surface area contributed by atoms with Crippen LogP contribution in [0.15, 0.2) is 70.1 Å². The monoisotopic (exact) mass is 442 g/mol. The molecule has 0 saturated carbocycles. The first-order valence-corrected chi connectivity index (χ1v) is 9.52. The van der Waals surface area contributed by atoms with Crippen molar-refractivity contribution in [2.24, 2.45) is 4.99 Å². The van der Waals surface area contributed by atoms with Crippen molar-refractivity contribution in [3.05, 3.63) is 76.8 Å². The molecule has 4 nitrogen and oxygen atoms in total. The third kappa shape index (κ3) is 3.71. The van der Waals surface area contributed by atoms with Crippen LogP contribution in [0.3, 0.4) is 0 Å². The Hall–Kier alpha value is -2.93. The number of para-hydroxylation sites is 1. The van der Waals surface area contributed by atoms with Gasteiger partial charge in [0.25, 0.3) is 0 Å². The summed E-state index contributed by atoms with van der Waals surface area (Å²) in [6, 6.07) is 17.2.